The lowest BCUT2D eigenvalue weighted by molar-refractivity contribution is 0.0986. The van der Waals surface area contributed by atoms with Crippen LogP contribution in [0.1, 0.15) is 58.3 Å². The minimum atomic E-state index is -0.193. The van der Waals surface area contributed by atoms with Gasteiger partial charge in [0.25, 0.3) is 5.91 Å². The van der Waals surface area contributed by atoms with Gasteiger partial charge in [0.05, 0.1) is 16.9 Å². The Bertz CT molecular complexity index is 764. The number of hydrogen-bond donors (Lipinski definition) is 1. The molecule has 2 N–H and O–H groups in total. The second-order valence-electron chi connectivity index (χ2n) is 6.46. The molecule has 0 spiro atoms. The first kappa shape index (κ1) is 13.5. The molecule has 1 saturated carbocycles. The highest BCUT2D eigenvalue weighted by atomic mass is 16.2. The maximum absolute atomic E-state index is 12.7. The third-order valence-corrected chi connectivity index (χ3v) is 5.12. The van der Waals surface area contributed by atoms with Crippen molar-refractivity contribution in [3.05, 3.63) is 46.8 Å². The van der Waals surface area contributed by atoms with Crippen molar-refractivity contribution in [2.45, 2.75) is 38.0 Å². The average Bonchev–Trinajstić information content (AvgIpc) is 3.20. The van der Waals surface area contributed by atoms with Gasteiger partial charge in [0, 0.05) is 13.2 Å². The highest BCUT2D eigenvalue weighted by molar-refractivity contribution is 6.06. The summed E-state index contributed by atoms with van der Waals surface area (Å²) in [5.74, 6) is 7.22. The van der Waals surface area contributed by atoms with Crippen molar-refractivity contribution in [1.29, 1.82) is 0 Å². The van der Waals surface area contributed by atoms with Crippen LogP contribution in [0.15, 0.2) is 24.4 Å². The summed E-state index contributed by atoms with van der Waals surface area (Å²) in [6, 6.07) is 6.16. The number of carbonyl (C=O) groups is 1. The summed E-state index contributed by atoms with van der Waals surface area (Å²) in [5, 5.41) is 5.54. The van der Waals surface area contributed by atoms with Crippen molar-refractivity contribution in [3.8, 4) is 0 Å². The molecule has 22 heavy (non-hydrogen) atoms. The number of aryl methyl sites for hydroxylation is 2. The van der Waals surface area contributed by atoms with Crippen LogP contribution in [0, 0.1) is 6.92 Å². The maximum atomic E-state index is 12.7. The summed E-state index contributed by atoms with van der Waals surface area (Å²) in [7, 11) is 1.81. The molecule has 2 atom stereocenters. The third-order valence-electron chi connectivity index (χ3n) is 5.12. The molecule has 1 aromatic heterocycles. The molecular formula is C17H20N4O. The Hall–Kier alpha value is -2.14. The Morgan fingerprint density at radius 2 is 2.14 bits per heavy atom. The fourth-order valence-electron chi connectivity index (χ4n) is 4.16. The van der Waals surface area contributed by atoms with E-state index in [1.807, 2.05) is 26.1 Å². The number of nitrogens with two attached hydrogens (primary N) is 1. The summed E-state index contributed by atoms with van der Waals surface area (Å²) in [6.07, 6.45) is 5.41. The van der Waals surface area contributed by atoms with E-state index in [0.717, 1.165) is 5.69 Å². The number of rotatable bonds is 2. The summed E-state index contributed by atoms with van der Waals surface area (Å²) < 4.78 is 1.65. The molecule has 1 heterocycles. The molecule has 2 aromatic rings. The van der Waals surface area contributed by atoms with E-state index in [4.69, 9.17) is 5.84 Å². The van der Waals surface area contributed by atoms with E-state index in [1.54, 1.807) is 10.9 Å². The van der Waals surface area contributed by atoms with Crippen LogP contribution in [0.5, 0.6) is 0 Å². The summed E-state index contributed by atoms with van der Waals surface area (Å²) in [5.41, 5.74) is 4.80. The van der Waals surface area contributed by atoms with Crippen molar-refractivity contribution in [1.82, 2.24) is 9.78 Å². The molecule has 5 heteroatoms. The van der Waals surface area contributed by atoms with Crippen LogP contribution in [0.25, 0.3) is 0 Å². The molecule has 4 rings (SSSR count). The third kappa shape index (κ3) is 1.82. The molecule has 1 fully saturated rings. The van der Waals surface area contributed by atoms with E-state index in [1.165, 1.54) is 35.4 Å². The maximum Gasteiger partial charge on any atom is 0.275 e. The first-order valence-corrected chi connectivity index (χ1v) is 7.78. The minimum Gasteiger partial charge on any atom is -0.275 e. The first-order valence-electron chi connectivity index (χ1n) is 7.78. The second kappa shape index (κ2) is 4.68. The molecule has 1 aromatic carbocycles. The van der Waals surface area contributed by atoms with Gasteiger partial charge in [-0.2, -0.15) is 5.10 Å². The van der Waals surface area contributed by atoms with E-state index in [9.17, 15) is 4.79 Å². The van der Waals surface area contributed by atoms with Gasteiger partial charge in [-0.1, -0.05) is 12.1 Å². The zero-order valence-electron chi connectivity index (χ0n) is 12.9. The van der Waals surface area contributed by atoms with Crippen molar-refractivity contribution < 1.29 is 4.79 Å². The fraction of sp³-hybridized carbons (Fsp3) is 0.412. The topological polar surface area (TPSA) is 64.2 Å². The Balaban J connectivity index is 1.74. The lowest BCUT2D eigenvalue weighted by Crippen LogP contribution is -2.38. The Morgan fingerprint density at radius 3 is 2.86 bits per heavy atom. The van der Waals surface area contributed by atoms with Gasteiger partial charge in [0.15, 0.2) is 0 Å². The largest absolute Gasteiger partial charge is 0.275 e. The van der Waals surface area contributed by atoms with Gasteiger partial charge in [-0.3, -0.25) is 9.48 Å². The van der Waals surface area contributed by atoms with Gasteiger partial charge in [0.2, 0.25) is 0 Å². The smallest absolute Gasteiger partial charge is 0.275 e. The van der Waals surface area contributed by atoms with Crippen LogP contribution >= 0.6 is 0 Å². The van der Waals surface area contributed by atoms with E-state index in [2.05, 4.69) is 11.2 Å². The summed E-state index contributed by atoms with van der Waals surface area (Å²) >= 11 is 0. The summed E-state index contributed by atoms with van der Waals surface area (Å²) in [6.45, 7) is 1.83. The highest BCUT2D eigenvalue weighted by Gasteiger charge is 2.39. The number of anilines is 1. The van der Waals surface area contributed by atoms with Gasteiger partial charge in [-0.05, 0) is 55.2 Å². The fourth-order valence-corrected chi connectivity index (χ4v) is 4.16. The number of hydrazine groups is 1. The standard InChI is InChI=1S/C17H20N4O/c1-10-14(9-20(2)19-10)17(22)21(18)15-5-3-4-13-11-6-7-12(8-11)16(13)15/h3-5,9,11-12H,6-8,18H2,1-2H3. The molecule has 2 unspecified atom stereocenters. The Morgan fingerprint density at radius 1 is 1.36 bits per heavy atom. The molecule has 0 aliphatic heterocycles. The highest BCUT2D eigenvalue weighted by Crippen LogP contribution is 2.55. The van der Waals surface area contributed by atoms with Crippen LogP contribution in [0.3, 0.4) is 0 Å². The number of hydrogen-bond acceptors (Lipinski definition) is 3. The second-order valence-corrected chi connectivity index (χ2v) is 6.46. The zero-order chi connectivity index (χ0) is 15.4. The Kier molecular flexibility index (Phi) is 2.87. The quantitative estimate of drug-likeness (QED) is 0.526. The minimum absolute atomic E-state index is 0.193. The lowest BCUT2D eigenvalue weighted by Gasteiger charge is -2.24. The van der Waals surface area contributed by atoms with E-state index in [-0.39, 0.29) is 5.91 Å². The molecule has 0 saturated heterocycles. The lowest BCUT2D eigenvalue weighted by atomic mass is 9.90. The van der Waals surface area contributed by atoms with Crippen molar-refractivity contribution in [2.24, 2.45) is 12.9 Å². The van der Waals surface area contributed by atoms with Gasteiger partial charge >= 0.3 is 0 Å². The monoisotopic (exact) mass is 296 g/mol. The molecule has 2 bridgehead atoms. The Labute approximate surface area is 129 Å². The molecule has 1 amide bonds. The van der Waals surface area contributed by atoms with Gasteiger partial charge < -0.3 is 0 Å². The number of aromatic nitrogens is 2. The SMILES string of the molecule is Cc1nn(C)cc1C(=O)N(N)c1cccc2c1C1CCC2C1. The van der Waals surface area contributed by atoms with Crippen LogP contribution in [-0.4, -0.2) is 15.7 Å². The number of benzene rings is 1. The van der Waals surface area contributed by atoms with E-state index < -0.39 is 0 Å². The van der Waals surface area contributed by atoms with Crippen molar-refractivity contribution in [3.63, 3.8) is 0 Å². The molecule has 5 nitrogen and oxygen atoms in total. The molecule has 2 aliphatic rings. The van der Waals surface area contributed by atoms with E-state index in [0.29, 0.717) is 23.1 Å². The average molecular weight is 296 g/mol. The normalized spacial score (nSPS) is 22.0. The first-order chi connectivity index (χ1) is 10.6. The van der Waals surface area contributed by atoms with Gasteiger partial charge in [-0.15, -0.1) is 0 Å². The molecule has 0 radical (unpaired) electrons. The van der Waals surface area contributed by atoms with Crippen LogP contribution < -0.4 is 10.9 Å². The van der Waals surface area contributed by atoms with Crippen molar-refractivity contribution in [2.75, 3.05) is 5.01 Å². The molecule has 2 aliphatic carbocycles. The van der Waals surface area contributed by atoms with Crippen LogP contribution in [0.4, 0.5) is 5.69 Å². The molecule has 114 valence electrons. The van der Waals surface area contributed by atoms with Crippen LogP contribution in [0.2, 0.25) is 0 Å². The number of carbonyl (C=O) groups excluding carboxylic acids is 1. The number of amides is 1. The predicted octanol–water partition coefficient (Wildman–Crippen LogP) is 2.61. The predicted molar refractivity (Wildman–Crippen MR) is 84.7 cm³/mol. The molecular weight excluding hydrogens is 276 g/mol. The van der Waals surface area contributed by atoms with Gasteiger partial charge in [0.1, 0.15) is 0 Å². The van der Waals surface area contributed by atoms with Gasteiger partial charge in [-0.25, -0.2) is 10.9 Å². The summed E-state index contributed by atoms with van der Waals surface area (Å²) in [4.78, 5) is 12.7. The van der Waals surface area contributed by atoms with E-state index >= 15 is 0 Å². The zero-order valence-corrected chi connectivity index (χ0v) is 12.9. The number of fused-ring (bicyclic) bond motifs is 5. The van der Waals surface area contributed by atoms with Crippen LogP contribution in [-0.2, 0) is 7.05 Å². The number of nitrogens with zero attached hydrogens (tertiary/aromatic N) is 3. The van der Waals surface area contributed by atoms with Crippen molar-refractivity contribution >= 4 is 11.6 Å².